The Morgan fingerprint density at radius 1 is 1.57 bits per heavy atom. The molecule has 1 aromatic rings. The first kappa shape index (κ1) is 10.6. The monoisotopic (exact) mass is 256 g/mol. The van der Waals surface area contributed by atoms with E-state index in [4.69, 9.17) is 0 Å². The molecule has 72 valence electrons. The molecular weight excluding hydrogens is 252 g/mol. The van der Waals surface area contributed by atoms with Gasteiger partial charge in [0.25, 0.3) is 0 Å². The van der Waals surface area contributed by atoms with E-state index < -0.39 is 4.92 Å². The van der Waals surface area contributed by atoms with Crippen LogP contribution in [0.15, 0.2) is 21.6 Å². The van der Waals surface area contributed by atoms with Crippen molar-refractivity contribution >= 4 is 33.4 Å². The number of isocyanates is 1. The standard InChI is InChI=1S/C8H5BrN2O3/c1-5-2-6(9)8(11(13)14)7(3-5)10-4-12/h2-3H,1H3. The largest absolute Gasteiger partial charge is 0.309 e. The highest BCUT2D eigenvalue weighted by Gasteiger charge is 2.18. The fourth-order valence-electron chi connectivity index (χ4n) is 1.03. The molecular formula is C8H5BrN2O3. The quantitative estimate of drug-likeness (QED) is 0.354. The average Bonchev–Trinajstić information content (AvgIpc) is 2.01. The molecule has 0 aromatic heterocycles. The number of benzene rings is 1. The number of halogens is 1. The molecule has 0 spiro atoms. The highest BCUT2D eigenvalue weighted by atomic mass is 79.9. The third-order valence-corrected chi connectivity index (χ3v) is 2.14. The minimum absolute atomic E-state index is 0.0110. The first-order valence-electron chi connectivity index (χ1n) is 3.58. The molecule has 0 unspecified atom stereocenters. The molecule has 0 amide bonds. The molecule has 0 saturated carbocycles. The van der Waals surface area contributed by atoms with Gasteiger partial charge >= 0.3 is 5.69 Å². The molecule has 0 heterocycles. The number of rotatable bonds is 2. The number of hydrogen-bond acceptors (Lipinski definition) is 4. The summed E-state index contributed by atoms with van der Waals surface area (Å²) >= 11 is 3.04. The number of hydrogen-bond donors (Lipinski definition) is 0. The Balaban J connectivity index is 3.51. The van der Waals surface area contributed by atoms with Crippen molar-refractivity contribution < 1.29 is 9.72 Å². The zero-order chi connectivity index (χ0) is 10.7. The predicted molar refractivity (Wildman–Crippen MR) is 53.3 cm³/mol. The van der Waals surface area contributed by atoms with Gasteiger partial charge in [0.05, 0.1) is 9.40 Å². The van der Waals surface area contributed by atoms with Crippen LogP contribution in [0.4, 0.5) is 11.4 Å². The van der Waals surface area contributed by atoms with Crippen LogP contribution in [0.2, 0.25) is 0 Å². The van der Waals surface area contributed by atoms with Gasteiger partial charge in [0.2, 0.25) is 6.08 Å². The summed E-state index contributed by atoms with van der Waals surface area (Å²) in [5.74, 6) is 0. The van der Waals surface area contributed by atoms with E-state index in [0.717, 1.165) is 5.56 Å². The summed E-state index contributed by atoms with van der Waals surface area (Å²) in [6.07, 6.45) is 1.28. The second kappa shape index (κ2) is 4.13. The van der Waals surface area contributed by atoms with Crippen LogP contribution in [0.3, 0.4) is 0 Å². The highest BCUT2D eigenvalue weighted by Crippen LogP contribution is 2.35. The average molecular weight is 257 g/mol. The number of aliphatic imine (C=N–C) groups is 1. The molecule has 0 saturated heterocycles. The number of nitrogens with zero attached hydrogens (tertiary/aromatic N) is 2. The maximum absolute atomic E-state index is 10.6. The summed E-state index contributed by atoms with van der Waals surface area (Å²) in [5, 5.41) is 10.6. The molecule has 0 N–H and O–H groups in total. The van der Waals surface area contributed by atoms with Crippen LogP contribution in [0.5, 0.6) is 0 Å². The van der Waals surface area contributed by atoms with E-state index in [2.05, 4.69) is 20.9 Å². The molecule has 0 radical (unpaired) electrons. The second-order valence-electron chi connectivity index (χ2n) is 2.57. The maximum atomic E-state index is 10.6. The van der Waals surface area contributed by atoms with E-state index in [-0.39, 0.29) is 11.4 Å². The van der Waals surface area contributed by atoms with Gasteiger partial charge in [-0.25, -0.2) is 4.79 Å². The molecule has 0 atom stereocenters. The lowest BCUT2D eigenvalue weighted by molar-refractivity contribution is -0.384. The lowest BCUT2D eigenvalue weighted by Gasteiger charge is -1.99. The van der Waals surface area contributed by atoms with Crippen molar-refractivity contribution in [3.05, 3.63) is 32.3 Å². The Kier molecular flexibility index (Phi) is 3.11. The molecule has 0 bridgehead atoms. The van der Waals surface area contributed by atoms with Crippen LogP contribution in [0, 0.1) is 17.0 Å². The minimum atomic E-state index is -0.598. The smallest absolute Gasteiger partial charge is 0.258 e. The van der Waals surface area contributed by atoms with Gasteiger partial charge in [-0.3, -0.25) is 10.1 Å². The summed E-state index contributed by atoms with van der Waals surface area (Å²) in [6, 6.07) is 3.04. The van der Waals surface area contributed by atoms with E-state index in [1.807, 2.05) is 0 Å². The summed E-state index contributed by atoms with van der Waals surface area (Å²) in [7, 11) is 0. The summed E-state index contributed by atoms with van der Waals surface area (Å²) in [6.45, 7) is 1.75. The van der Waals surface area contributed by atoms with Crippen molar-refractivity contribution in [2.24, 2.45) is 4.99 Å². The van der Waals surface area contributed by atoms with Crippen molar-refractivity contribution in [2.75, 3.05) is 0 Å². The molecule has 0 fully saturated rings. The van der Waals surface area contributed by atoms with Crippen molar-refractivity contribution in [2.45, 2.75) is 6.92 Å². The second-order valence-corrected chi connectivity index (χ2v) is 3.43. The van der Waals surface area contributed by atoms with E-state index in [1.165, 1.54) is 12.1 Å². The molecule has 0 aliphatic heterocycles. The fourth-order valence-corrected chi connectivity index (χ4v) is 1.74. The molecule has 1 rings (SSSR count). The van der Waals surface area contributed by atoms with Crippen LogP contribution in [0.1, 0.15) is 5.56 Å². The number of nitro groups is 1. The Hall–Kier alpha value is -1.52. The summed E-state index contributed by atoms with van der Waals surface area (Å²) in [4.78, 5) is 23.3. The number of carbonyl (C=O) groups excluding carboxylic acids is 1. The van der Waals surface area contributed by atoms with E-state index >= 15 is 0 Å². The summed E-state index contributed by atoms with van der Waals surface area (Å²) < 4.78 is 0.302. The Morgan fingerprint density at radius 3 is 2.71 bits per heavy atom. The van der Waals surface area contributed by atoms with E-state index in [0.29, 0.717) is 4.47 Å². The third-order valence-electron chi connectivity index (χ3n) is 1.54. The zero-order valence-corrected chi connectivity index (χ0v) is 8.74. The van der Waals surface area contributed by atoms with Gasteiger partial charge in [0.1, 0.15) is 0 Å². The highest BCUT2D eigenvalue weighted by molar-refractivity contribution is 9.10. The lowest BCUT2D eigenvalue weighted by Crippen LogP contribution is -1.90. The van der Waals surface area contributed by atoms with Crippen molar-refractivity contribution in [3.63, 3.8) is 0 Å². The van der Waals surface area contributed by atoms with Gasteiger partial charge in [-0.2, -0.15) is 4.99 Å². The van der Waals surface area contributed by atoms with Crippen LogP contribution in [0.25, 0.3) is 0 Å². The maximum Gasteiger partial charge on any atom is 0.309 e. The van der Waals surface area contributed by atoms with Crippen molar-refractivity contribution in [3.8, 4) is 0 Å². The van der Waals surface area contributed by atoms with Crippen LogP contribution < -0.4 is 0 Å². The third kappa shape index (κ3) is 2.04. The van der Waals surface area contributed by atoms with Gasteiger partial charge in [-0.05, 0) is 40.5 Å². The van der Waals surface area contributed by atoms with Gasteiger partial charge in [0, 0.05) is 0 Å². The van der Waals surface area contributed by atoms with E-state index in [9.17, 15) is 14.9 Å². The Morgan fingerprint density at radius 2 is 2.21 bits per heavy atom. The first-order valence-corrected chi connectivity index (χ1v) is 4.38. The number of aryl methyl sites for hydroxylation is 1. The first-order chi connectivity index (χ1) is 6.56. The molecule has 5 nitrogen and oxygen atoms in total. The molecule has 14 heavy (non-hydrogen) atoms. The normalized spacial score (nSPS) is 9.29. The SMILES string of the molecule is Cc1cc(Br)c([N+](=O)[O-])c(N=C=O)c1. The van der Waals surface area contributed by atoms with Gasteiger partial charge in [0.15, 0.2) is 5.69 Å². The van der Waals surface area contributed by atoms with Gasteiger partial charge in [-0.1, -0.05) is 0 Å². The Bertz CT molecular complexity index is 438. The van der Waals surface area contributed by atoms with Crippen molar-refractivity contribution in [1.29, 1.82) is 0 Å². The van der Waals surface area contributed by atoms with Crippen LogP contribution in [-0.2, 0) is 4.79 Å². The topological polar surface area (TPSA) is 72.6 Å². The van der Waals surface area contributed by atoms with Crippen LogP contribution >= 0.6 is 15.9 Å². The molecule has 1 aromatic carbocycles. The number of nitro benzene ring substituents is 1. The Labute approximate surface area is 87.7 Å². The zero-order valence-electron chi connectivity index (χ0n) is 7.15. The molecule has 0 aliphatic carbocycles. The summed E-state index contributed by atoms with van der Waals surface area (Å²) in [5.41, 5.74) is 0.562. The van der Waals surface area contributed by atoms with E-state index in [1.54, 1.807) is 13.0 Å². The molecule has 6 heteroatoms. The van der Waals surface area contributed by atoms with Gasteiger partial charge in [-0.15, -0.1) is 0 Å². The minimum Gasteiger partial charge on any atom is -0.258 e. The predicted octanol–water partition coefficient (Wildman–Crippen LogP) is 2.63. The lowest BCUT2D eigenvalue weighted by atomic mass is 10.2. The van der Waals surface area contributed by atoms with Crippen LogP contribution in [-0.4, -0.2) is 11.0 Å². The molecule has 0 aliphatic rings. The fraction of sp³-hybridized carbons (Fsp3) is 0.125. The van der Waals surface area contributed by atoms with Crippen molar-refractivity contribution in [1.82, 2.24) is 0 Å². The van der Waals surface area contributed by atoms with Gasteiger partial charge < -0.3 is 0 Å².